The lowest BCUT2D eigenvalue weighted by Crippen LogP contribution is -2.42. The molecule has 2 heterocycles. The maximum absolute atomic E-state index is 13.8. The van der Waals surface area contributed by atoms with Gasteiger partial charge in [-0.25, -0.2) is 13.2 Å². The van der Waals surface area contributed by atoms with Gasteiger partial charge in [-0.2, -0.15) is 0 Å². The molecule has 0 spiro atoms. The second kappa shape index (κ2) is 12.0. The normalized spacial score (nSPS) is 15.4. The number of rotatable bonds is 8. The van der Waals surface area contributed by atoms with Crippen LogP contribution in [0.5, 0.6) is 5.75 Å². The van der Waals surface area contributed by atoms with Gasteiger partial charge in [0.25, 0.3) is 0 Å². The van der Waals surface area contributed by atoms with Crippen molar-refractivity contribution in [3.8, 4) is 17.6 Å². The molecule has 1 fully saturated rings. The number of likely N-dealkylation sites (tertiary alicyclic amines) is 1. The third kappa shape index (κ3) is 6.24. The standard InChI is InChI=1S/C29H32F3N3O2/c1-37-22-6-7-28-25(16-22)23(20(17-33)18-34-28)4-2-8-29(19-36)9-12-35(13-10-29)11-3-5-24-26(31)14-21(30)15-27(24)32/h6-7,14-16,18,36H,2,4,8-13,17,19,33H2,1H3. The summed E-state index contributed by atoms with van der Waals surface area (Å²) in [5.41, 5.74) is 8.51. The zero-order valence-electron chi connectivity index (χ0n) is 21.0. The van der Waals surface area contributed by atoms with Crippen molar-refractivity contribution in [1.29, 1.82) is 0 Å². The molecule has 8 heteroatoms. The molecular weight excluding hydrogens is 479 g/mol. The lowest BCUT2D eigenvalue weighted by atomic mass is 9.75. The predicted molar refractivity (Wildman–Crippen MR) is 138 cm³/mol. The van der Waals surface area contributed by atoms with Gasteiger partial charge in [0.05, 0.1) is 24.7 Å². The largest absolute Gasteiger partial charge is 0.497 e. The van der Waals surface area contributed by atoms with Gasteiger partial charge in [0.15, 0.2) is 0 Å². The number of halogens is 3. The number of methoxy groups -OCH3 is 1. The highest BCUT2D eigenvalue weighted by molar-refractivity contribution is 5.84. The van der Waals surface area contributed by atoms with E-state index in [1.807, 2.05) is 24.4 Å². The van der Waals surface area contributed by atoms with Gasteiger partial charge in [-0.15, -0.1) is 0 Å². The minimum absolute atomic E-state index is 0.104. The summed E-state index contributed by atoms with van der Waals surface area (Å²) >= 11 is 0. The molecule has 1 aromatic heterocycles. The van der Waals surface area contributed by atoms with Crippen molar-refractivity contribution in [3.63, 3.8) is 0 Å². The van der Waals surface area contributed by atoms with Crippen LogP contribution in [-0.4, -0.2) is 48.3 Å². The molecule has 0 aliphatic carbocycles. The zero-order valence-corrected chi connectivity index (χ0v) is 21.0. The minimum atomic E-state index is -0.999. The Bertz CT molecular complexity index is 1280. The average Bonchev–Trinajstić information content (AvgIpc) is 2.90. The van der Waals surface area contributed by atoms with Crippen LogP contribution in [0.15, 0.2) is 36.5 Å². The average molecular weight is 512 g/mol. The van der Waals surface area contributed by atoms with Gasteiger partial charge in [0.2, 0.25) is 0 Å². The van der Waals surface area contributed by atoms with E-state index in [-0.39, 0.29) is 12.0 Å². The Kier molecular flexibility index (Phi) is 8.70. The molecule has 5 nitrogen and oxygen atoms in total. The number of aliphatic hydroxyl groups is 1. The number of hydrogen-bond acceptors (Lipinski definition) is 5. The lowest BCUT2D eigenvalue weighted by Gasteiger charge is -2.40. The number of ether oxygens (including phenoxy) is 1. The van der Waals surface area contributed by atoms with Crippen LogP contribution in [0.25, 0.3) is 10.9 Å². The molecule has 0 saturated carbocycles. The van der Waals surface area contributed by atoms with E-state index in [0.717, 1.165) is 67.4 Å². The van der Waals surface area contributed by atoms with Crippen LogP contribution in [0.3, 0.4) is 0 Å². The fraction of sp³-hybridized carbons (Fsp3) is 0.414. The maximum atomic E-state index is 13.8. The van der Waals surface area contributed by atoms with Gasteiger partial charge in [0.1, 0.15) is 23.2 Å². The third-order valence-corrected chi connectivity index (χ3v) is 7.40. The Morgan fingerprint density at radius 2 is 1.86 bits per heavy atom. The van der Waals surface area contributed by atoms with Crippen LogP contribution in [0.4, 0.5) is 13.2 Å². The van der Waals surface area contributed by atoms with Gasteiger partial charge in [-0.1, -0.05) is 11.8 Å². The molecule has 196 valence electrons. The summed E-state index contributed by atoms with van der Waals surface area (Å²) in [4.78, 5) is 6.64. The Labute approximate surface area is 215 Å². The summed E-state index contributed by atoms with van der Waals surface area (Å²) in [5, 5.41) is 11.3. The molecule has 2 aromatic carbocycles. The number of fused-ring (bicyclic) bond motifs is 1. The molecule has 4 rings (SSSR count). The fourth-order valence-electron chi connectivity index (χ4n) is 5.08. The van der Waals surface area contributed by atoms with Crippen LogP contribution in [-0.2, 0) is 13.0 Å². The summed E-state index contributed by atoms with van der Waals surface area (Å²) in [5.74, 6) is 3.11. The van der Waals surface area contributed by atoms with Gasteiger partial charge in [-0.05, 0) is 79.9 Å². The van der Waals surface area contributed by atoms with Gasteiger partial charge in [-0.3, -0.25) is 9.88 Å². The lowest BCUT2D eigenvalue weighted by molar-refractivity contribution is 0.0401. The van der Waals surface area contributed by atoms with Crippen molar-refractivity contribution in [2.45, 2.75) is 38.6 Å². The minimum Gasteiger partial charge on any atom is -0.497 e. The molecule has 1 aliphatic heterocycles. The van der Waals surface area contributed by atoms with E-state index in [9.17, 15) is 18.3 Å². The molecule has 3 N–H and O–H groups in total. The van der Waals surface area contributed by atoms with Gasteiger partial charge < -0.3 is 15.6 Å². The van der Waals surface area contributed by atoms with Gasteiger partial charge in [0, 0.05) is 36.9 Å². The molecule has 1 saturated heterocycles. The summed E-state index contributed by atoms with van der Waals surface area (Å²) in [7, 11) is 1.64. The van der Waals surface area contributed by atoms with Crippen molar-refractivity contribution in [3.05, 3.63) is 70.7 Å². The number of aromatic nitrogens is 1. The Balaban J connectivity index is 1.36. The van der Waals surface area contributed by atoms with Gasteiger partial charge >= 0.3 is 0 Å². The first-order valence-corrected chi connectivity index (χ1v) is 12.5. The van der Waals surface area contributed by atoms with E-state index in [1.165, 1.54) is 5.56 Å². The Morgan fingerprint density at radius 1 is 1.14 bits per heavy atom. The summed E-state index contributed by atoms with van der Waals surface area (Å²) < 4.78 is 46.1. The van der Waals surface area contributed by atoms with Crippen LogP contribution in [0.1, 0.15) is 42.4 Å². The van der Waals surface area contributed by atoms with Crippen LogP contribution < -0.4 is 10.5 Å². The predicted octanol–water partition coefficient (Wildman–Crippen LogP) is 4.57. The van der Waals surface area contributed by atoms with Crippen LogP contribution >= 0.6 is 0 Å². The number of nitrogens with zero attached hydrogens (tertiary/aromatic N) is 2. The molecule has 0 atom stereocenters. The number of benzene rings is 2. The first kappa shape index (κ1) is 26.9. The number of nitrogens with two attached hydrogens (primary N) is 1. The highest BCUT2D eigenvalue weighted by atomic mass is 19.1. The molecule has 0 amide bonds. The number of piperidine rings is 1. The molecule has 1 aliphatic rings. The van der Waals surface area contributed by atoms with Crippen LogP contribution in [0, 0.1) is 34.7 Å². The van der Waals surface area contributed by atoms with Crippen molar-refractivity contribution >= 4 is 10.9 Å². The number of aliphatic hydroxyl groups excluding tert-OH is 1. The summed E-state index contributed by atoms with van der Waals surface area (Å²) in [6.07, 6.45) is 6.04. The molecular formula is C29H32F3N3O2. The zero-order chi connectivity index (χ0) is 26.4. The molecule has 0 unspecified atom stereocenters. The topological polar surface area (TPSA) is 71.6 Å². The van der Waals surface area contributed by atoms with E-state index < -0.39 is 23.0 Å². The first-order valence-electron chi connectivity index (χ1n) is 12.5. The summed E-state index contributed by atoms with van der Waals surface area (Å²) in [6, 6.07) is 7.11. The van der Waals surface area contributed by atoms with Crippen molar-refractivity contribution < 1.29 is 23.0 Å². The van der Waals surface area contributed by atoms with Crippen molar-refractivity contribution in [2.75, 3.05) is 33.4 Å². The monoisotopic (exact) mass is 511 g/mol. The molecule has 0 radical (unpaired) electrons. The van der Waals surface area contributed by atoms with Crippen molar-refractivity contribution in [1.82, 2.24) is 9.88 Å². The highest BCUT2D eigenvalue weighted by Gasteiger charge is 2.33. The van der Waals surface area contributed by atoms with E-state index in [0.29, 0.717) is 25.2 Å². The quantitative estimate of drug-likeness (QED) is 0.434. The smallest absolute Gasteiger partial charge is 0.144 e. The maximum Gasteiger partial charge on any atom is 0.144 e. The molecule has 0 bridgehead atoms. The van der Waals surface area contributed by atoms with Crippen molar-refractivity contribution in [2.24, 2.45) is 11.1 Å². The Morgan fingerprint density at radius 3 is 2.51 bits per heavy atom. The number of pyridine rings is 1. The second-order valence-electron chi connectivity index (χ2n) is 9.68. The van der Waals surface area contributed by atoms with E-state index in [1.54, 1.807) is 7.11 Å². The highest BCUT2D eigenvalue weighted by Crippen LogP contribution is 2.37. The molecule has 3 aromatic rings. The molecule has 37 heavy (non-hydrogen) atoms. The van der Waals surface area contributed by atoms with Crippen LogP contribution in [0.2, 0.25) is 0 Å². The van der Waals surface area contributed by atoms with E-state index in [2.05, 4.69) is 21.7 Å². The number of aryl methyl sites for hydroxylation is 1. The van der Waals surface area contributed by atoms with E-state index in [4.69, 9.17) is 10.5 Å². The third-order valence-electron chi connectivity index (χ3n) is 7.40. The van der Waals surface area contributed by atoms with E-state index >= 15 is 0 Å². The fourth-order valence-corrected chi connectivity index (χ4v) is 5.08. The Hall–Kier alpha value is -3.12. The SMILES string of the molecule is COc1ccc2ncc(CN)c(CCCC3(CO)CCN(CC#Cc4c(F)cc(F)cc4F)CC3)c2c1. The first-order chi connectivity index (χ1) is 17.9. The summed E-state index contributed by atoms with van der Waals surface area (Å²) in [6.45, 7) is 2.32. The second-order valence-corrected chi connectivity index (χ2v) is 9.68. The number of hydrogen-bond donors (Lipinski definition) is 2.